The molecule has 0 aromatic heterocycles. The van der Waals surface area contributed by atoms with Crippen molar-refractivity contribution in [2.24, 2.45) is 5.73 Å². The molecule has 6 heteroatoms. The number of hydrogen-bond acceptors (Lipinski definition) is 4. The largest absolute Gasteiger partial charge is 0.389 e. The van der Waals surface area contributed by atoms with Gasteiger partial charge in [-0.25, -0.2) is 0 Å². The lowest BCUT2D eigenvalue weighted by Crippen LogP contribution is -2.64. The summed E-state index contributed by atoms with van der Waals surface area (Å²) in [5.41, 5.74) is 3.55. The third-order valence-corrected chi connectivity index (χ3v) is 3.21. The van der Waals surface area contributed by atoms with E-state index in [-0.39, 0.29) is 19.5 Å². The summed E-state index contributed by atoms with van der Waals surface area (Å²) in [5.74, 6) is -1.84. The van der Waals surface area contributed by atoms with Crippen molar-refractivity contribution in [2.75, 3.05) is 13.1 Å². The Kier molecular flexibility index (Phi) is 3.55. The highest BCUT2D eigenvalue weighted by atomic mass is 16.3. The molecule has 1 saturated heterocycles. The molecular formula is C13H16N2O4. The van der Waals surface area contributed by atoms with E-state index in [0.717, 1.165) is 0 Å². The first-order valence-corrected chi connectivity index (χ1v) is 5.97. The Morgan fingerprint density at radius 2 is 1.89 bits per heavy atom. The second-order valence-electron chi connectivity index (χ2n) is 4.75. The van der Waals surface area contributed by atoms with Gasteiger partial charge in [0.15, 0.2) is 0 Å². The van der Waals surface area contributed by atoms with Crippen LogP contribution in [-0.2, 0) is 16.0 Å². The molecule has 6 nitrogen and oxygen atoms in total. The molecule has 1 aromatic rings. The molecule has 0 radical (unpaired) electrons. The molecule has 0 bridgehead atoms. The first kappa shape index (κ1) is 13.5. The van der Waals surface area contributed by atoms with E-state index in [1.807, 2.05) is 0 Å². The van der Waals surface area contributed by atoms with Crippen molar-refractivity contribution >= 4 is 11.8 Å². The van der Waals surface area contributed by atoms with Gasteiger partial charge in [0.05, 0.1) is 6.10 Å². The van der Waals surface area contributed by atoms with E-state index in [1.54, 1.807) is 30.3 Å². The zero-order valence-corrected chi connectivity index (χ0v) is 10.3. The monoisotopic (exact) mass is 264 g/mol. The number of aliphatic hydroxyl groups is 2. The number of rotatable bonds is 4. The minimum absolute atomic E-state index is 0.114. The van der Waals surface area contributed by atoms with Gasteiger partial charge in [0.25, 0.3) is 11.8 Å². The van der Waals surface area contributed by atoms with Gasteiger partial charge in [-0.1, -0.05) is 30.3 Å². The van der Waals surface area contributed by atoms with Crippen LogP contribution in [0.4, 0.5) is 0 Å². The Morgan fingerprint density at radius 1 is 1.32 bits per heavy atom. The van der Waals surface area contributed by atoms with Gasteiger partial charge < -0.3 is 20.8 Å². The molecule has 19 heavy (non-hydrogen) atoms. The van der Waals surface area contributed by atoms with Crippen LogP contribution < -0.4 is 5.73 Å². The Hall–Kier alpha value is -1.92. The van der Waals surface area contributed by atoms with E-state index >= 15 is 0 Å². The smallest absolute Gasteiger partial charge is 0.264 e. The van der Waals surface area contributed by atoms with Crippen LogP contribution in [0.1, 0.15) is 5.56 Å². The number of nitrogens with zero attached hydrogens (tertiary/aromatic N) is 1. The summed E-state index contributed by atoms with van der Waals surface area (Å²) in [6.07, 6.45) is -0.771. The fourth-order valence-electron chi connectivity index (χ4n) is 2.04. The number of primary amides is 1. The van der Waals surface area contributed by atoms with Gasteiger partial charge in [-0.3, -0.25) is 9.59 Å². The first-order valence-electron chi connectivity index (χ1n) is 5.97. The summed E-state index contributed by atoms with van der Waals surface area (Å²) in [7, 11) is 0. The lowest BCUT2D eigenvalue weighted by molar-refractivity contribution is -0.167. The standard InChI is InChI=1S/C13H16N2O4/c14-11(17)13(19,6-9-4-2-1-3-5-9)12(18)15-7-10(16)8-15/h1-5,10,16,19H,6-8H2,(H2,14,17)/t13-/m1/s1. The molecule has 0 aliphatic carbocycles. The van der Waals surface area contributed by atoms with Gasteiger partial charge >= 0.3 is 0 Å². The van der Waals surface area contributed by atoms with Crippen LogP contribution >= 0.6 is 0 Å². The Morgan fingerprint density at radius 3 is 2.37 bits per heavy atom. The number of likely N-dealkylation sites (tertiary alicyclic amines) is 1. The molecule has 1 fully saturated rings. The second kappa shape index (κ2) is 4.99. The van der Waals surface area contributed by atoms with Gasteiger partial charge in [-0.15, -0.1) is 0 Å². The molecule has 0 spiro atoms. The van der Waals surface area contributed by atoms with E-state index in [9.17, 15) is 14.7 Å². The fourth-order valence-corrected chi connectivity index (χ4v) is 2.04. The third kappa shape index (κ3) is 2.59. The van der Waals surface area contributed by atoms with Crippen LogP contribution in [0.3, 0.4) is 0 Å². The molecule has 2 amide bonds. The van der Waals surface area contributed by atoms with Crippen LogP contribution in [-0.4, -0.2) is 51.7 Å². The molecule has 1 aliphatic heterocycles. The number of benzene rings is 1. The second-order valence-corrected chi connectivity index (χ2v) is 4.75. The zero-order chi connectivity index (χ0) is 14.0. The molecule has 2 rings (SSSR count). The molecule has 102 valence electrons. The number of hydrogen-bond donors (Lipinski definition) is 3. The minimum atomic E-state index is -2.26. The first-order chi connectivity index (χ1) is 8.93. The number of carbonyl (C=O) groups excluding carboxylic acids is 2. The number of nitrogens with two attached hydrogens (primary N) is 1. The van der Waals surface area contributed by atoms with Gasteiger partial charge in [0, 0.05) is 19.5 Å². The summed E-state index contributed by atoms with van der Waals surface area (Å²) in [5, 5.41) is 19.5. The zero-order valence-electron chi connectivity index (χ0n) is 10.3. The van der Waals surface area contributed by atoms with Crippen LogP contribution in [0, 0.1) is 0 Å². The predicted molar refractivity (Wildman–Crippen MR) is 66.9 cm³/mol. The van der Waals surface area contributed by atoms with Crippen LogP contribution in [0.2, 0.25) is 0 Å². The van der Waals surface area contributed by atoms with Gasteiger partial charge in [-0.2, -0.15) is 0 Å². The van der Waals surface area contributed by atoms with E-state index < -0.39 is 23.5 Å². The topological polar surface area (TPSA) is 104 Å². The Bertz CT molecular complexity index is 485. The number of β-amino-alcohol motifs (C(OH)–C–C–N with tert-alkyl or cyclic N) is 1. The molecule has 1 atom stereocenters. The number of carbonyl (C=O) groups is 2. The highest BCUT2D eigenvalue weighted by molar-refractivity contribution is 6.08. The predicted octanol–water partition coefficient (Wildman–Crippen LogP) is -1.35. The maximum Gasteiger partial charge on any atom is 0.264 e. The van der Waals surface area contributed by atoms with Crippen molar-refractivity contribution in [1.29, 1.82) is 0 Å². The van der Waals surface area contributed by atoms with Crippen molar-refractivity contribution in [3.8, 4) is 0 Å². The van der Waals surface area contributed by atoms with Crippen LogP contribution in [0.15, 0.2) is 30.3 Å². The summed E-state index contributed by atoms with van der Waals surface area (Å²) in [4.78, 5) is 24.8. The molecule has 0 unspecified atom stereocenters. The summed E-state index contributed by atoms with van der Waals surface area (Å²) < 4.78 is 0. The highest BCUT2D eigenvalue weighted by Gasteiger charge is 2.47. The van der Waals surface area contributed by atoms with E-state index in [0.29, 0.717) is 5.56 Å². The molecule has 4 N–H and O–H groups in total. The lowest BCUT2D eigenvalue weighted by atomic mass is 9.91. The molecule has 1 aliphatic rings. The maximum atomic E-state index is 12.1. The average Bonchev–Trinajstić information content (AvgIpc) is 2.35. The van der Waals surface area contributed by atoms with Crippen molar-refractivity contribution in [3.63, 3.8) is 0 Å². The minimum Gasteiger partial charge on any atom is -0.389 e. The van der Waals surface area contributed by atoms with Crippen LogP contribution in [0.5, 0.6) is 0 Å². The quantitative estimate of drug-likeness (QED) is 0.585. The summed E-state index contributed by atoms with van der Waals surface area (Å²) in [6.45, 7) is 0.229. The number of amides is 2. The van der Waals surface area contributed by atoms with E-state index in [2.05, 4.69) is 0 Å². The molecule has 1 heterocycles. The summed E-state index contributed by atoms with van der Waals surface area (Å²) >= 11 is 0. The van der Waals surface area contributed by atoms with Crippen molar-refractivity contribution < 1.29 is 19.8 Å². The van der Waals surface area contributed by atoms with Gasteiger partial charge in [-0.05, 0) is 5.56 Å². The SMILES string of the molecule is NC(=O)[C@](O)(Cc1ccccc1)C(=O)N1CC(O)C1. The Labute approximate surface area is 110 Å². The lowest BCUT2D eigenvalue weighted by Gasteiger charge is -2.40. The maximum absolute atomic E-state index is 12.1. The van der Waals surface area contributed by atoms with Crippen molar-refractivity contribution in [1.82, 2.24) is 4.90 Å². The van der Waals surface area contributed by atoms with Gasteiger partial charge in [0.2, 0.25) is 5.60 Å². The average molecular weight is 264 g/mol. The van der Waals surface area contributed by atoms with E-state index in [1.165, 1.54) is 4.90 Å². The van der Waals surface area contributed by atoms with Crippen molar-refractivity contribution in [2.45, 2.75) is 18.1 Å². The molecular weight excluding hydrogens is 248 g/mol. The van der Waals surface area contributed by atoms with Gasteiger partial charge in [0.1, 0.15) is 0 Å². The molecule has 0 saturated carbocycles. The van der Waals surface area contributed by atoms with Crippen molar-refractivity contribution in [3.05, 3.63) is 35.9 Å². The van der Waals surface area contributed by atoms with Crippen LogP contribution in [0.25, 0.3) is 0 Å². The number of aliphatic hydroxyl groups excluding tert-OH is 1. The Balaban J connectivity index is 2.18. The molecule has 1 aromatic carbocycles. The van der Waals surface area contributed by atoms with E-state index in [4.69, 9.17) is 10.8 Å². The fraction of sp³-hybridized carbons (Fsp3) is 0.385. The highest BCUT2D eigenvalue weighted by Crippen LogP contribution is 2.20. The third-order valence-electron chi connectivity index (χ3n) is 3.21. The summed E-state index contributed by atoms with van der Waals surface area (Å²) in [6, 6.07) is 8.68. The normalized spacial score (nSPS) is 18.5.